The molecule has 0 aromatic heterocycles. The van der Waals surface area contributed by atoms with E-state index < -0.39 is 23.8 Å². The molecule has 2 aromatic rings. The van der Waals surface area contributed by atoms with E-state index in [1.54, 1.807) is 48.5 Å². The number of ketones is 1. The van der Waals surface area contributed by atoms with E-state index in [0.717, 1.165) is 4.90 Å². The lowest BCUT2D eigenvalue weighted by molar-refractivity contribution is -0.120. The fraction of sp³-hybridized carbons (Fsp3) is 0.273. The lowest BCUT2D eigenvalue weighted by Gasteiger charge is -2.26. The van der Waals surface area contributed by atoms with Crippen molar-refractivity contribution in [2.24, 2.45) is 5.92 Å². The first-order valence-electron chi connectivity index (χ1n) is 9.18. The zero-order valence-electron chi connectivity index (χ0n) is 16.1. The van der Waals surface area contributed by atoms with Gasteiger partial charge in [0.15, 0.2) is 5.78 Å². The molecule has 3 rings (SSSR count). The van der Waals surface area contributed by atoms with Gasteiger partial charge in [-0.25, -0.2) is 0 Å². The van der Waals surface area contributed by atoms with Gasteiger partial charge in [0.2, 0.25) is 5.91 Å². The predicted octanol–water partition coefficient (Wildman–Crippen LogP) is 3.54. The molecule has 28 heavy (non-hydrogen) atoms. The van der Waals surface area contributed by atoms with Crippen molar-refractivity contribution in [1.29, 1.82) is 0 Å². The van der Waals surface area contributed by atoms with E-state index in [2.05, 4.69) is 5.32 Å². The number of Topliss-reactive ketones (excluding diaryl/α,β-unsaturated/α-hetero) is 1. The van der Waals surface area contributed by atoms with E-state index in [-0.39, 0.29) is 11.7 Å². The molecule has 1 unspecified atom stereocenters. The third-order valence-corrected chi connectivity index (χ3v) is 4.67. The molecule has 0 aliphatic carbocycles. The standard InChI is InChI=1S/C22H22N2O4/c1-13(2)11-19(20(26)23-16-8-6-7-15(12-16)14(3)25)24-21(27)17-9-4-5-10-18(17)22(24)28/h4-10,12-13,19H,11H2,1-3H3,(H,23,26). The first kappa shape index (κ1) is 19.5. The normalized spacial score (nSPS) is 14.2. The van der Waals surface area contributed by atoms with Crippen LogP contribution in [0.3, 0.4) is 0 Å². The number of nitrogens with zero attached hydrogens (tertiary/aromatic N) is 1. The van der Waals surface area contributed by atoms with Crippen LogP contribution in [0.25, 0.3) is 0 Å². The maximum atomic E-state index is 13.0. The van der Waals surface area contributed by atoms with Gasteiger partial charge in [0.1, 0.15) is 6.04 Å². The van der Waals surface area contributed by atoms with Crippen LogP contribution < -0.4 is 5.32 Å². The third kappa shape index (κ3) is 3.71. The molecule has 144 valence electrons. The molecular formula is C22H22N2O4. The highest BCUT2D eigenvalue weighted by molar-refractivity contribution is 6.23. The van der Waals surface area contributed by atoms with Crippen molar-refractivity contribution in [3.63, 3.8) is 0 Å². The average Bonchev–Trinajstić information content (AvgIpc) is 2.91. The molecule has 6 heteroatoms. The van der Waals surface area contributed by atoms with E-state index in [1.807, 2.05) is 13.8 Å². The molecule has 1 aliphatic rings. The molecule has 3 amide bonds. The number of fused-ring (bicyclic) bond motifs is 1. The molecule has 0 saturated heterocycles. The zero-order chi connectivity index (χ0) is 20.4. The number of nitrogens with one attached hydrogen (secondary N) is 1. The Hall–Kier alpha value is -3.28. The van der Waals surface area contributed by atoms with Crippen molar-refractivity contribution in [3.8, 4) is 0 Å². The van der Waals surface area contributed by atoms with E-state index in [1.165, 1.54) is 6.92 Å². The Balaban J connectivity index is 1.90. The molecule has 1 N–H and O–H groups in total. The Morgan fingerprint density at radius 3 is 2.11 bits per heavy atom. The average molecular weight is 378 g/mol. The van der Waals surface area contributed by atoms with Crippen LogP contribution in [-0.2, 0) is 4.79 Å². The van der Waals surface area contributed by atoms with Crippen molar-refractivity contribution >= 4 is 29.2 Å². The van der Waals surface area contributed by atoms with Gasteiger partial charge in [-0.2, -0.15) is 0 Å². The van der Waals surface area contributed by atoms with E-state index in [9.17, 15) is 19.2 Å². The maximum absolute atomic E-state index is 13.0. The molecule has 1 atom stereocenters. The summed E-state index contributed by atoms with van der Waals surface area (Å²) in [5, 5.41) is 2.75. The number of carbonyl (C=O) groups excluding carboxylic acids is 4. The Kier molecular flexibility index (Phi) is 5.40. The SMILES string of the molecule is CC(=O)c1cccc(NC(=O)C(CC(C)C)N2C(=O)c3ccccc3C2=O)c1. The predicted molar refractivity (Wildman–Crippen MR) is 105 cm³/mol. The second kappa shape index (κ2) is 7.76. The summed E-state index contributed by atoms with van der Waals surface area (Å²) in [5.74, 6) is -1.40. The van der Waals surface area contributed by atoms with Gasteiger partial charge < -0.3 is 5.32 Å². The number of imide groups is 1. The largest absolute Gasteiger partial charge is 0.324 e. The van der Waals surface area contributed by atoms with Crippen LogP contribution in [0.1, 0.15) is 58.3 Å². The number of benzene rings is 2. The van der Waals surface area contributed by atoms with E-state index in [0.29, 0.717) is 28.8 Å². The highest BCUT2D eigenvalue weighted by Crippen LogP contribution is 2.27. The molecule has 2 aromatic carbocycles. The monoisotopic (exact) mass is 378 g/mol. The minimum absolute atomic E-state index is 0.0867. The van der Waals surface area contributed by atoms with Crippen LogP contribution in [0, 0.1) is 5.92 Å². The lowest BCUT2D eigenvalue weighted by Crippen LogP contribution is -2.47. The van der Waals surface area contributed by atoms with E-state index in [4.69, 9.17) is 0 Å². The van der Waals surface area contributed by atoms with Crippen molar-refractivity contribution in [2.45, 2.75) is 33.2 Å². The third-order valence-electron chi connectivity index (χ3n) is 4.67. The molecule has 0 bridgehead atoms. The Bertz CT molecular complexity index is 930. The number of rotatable bonds is 6. The van der Waals surface area contributed by atoms with E-state index >= 15 is 0 Å². The summed E-state index contributed by atoms with van der Waals surface area (Å²) in [6.45, 7) is 5.30. The summed E-state index contributed by atoms with van der Waals surface area (Å²) in [4.78, 5) is 51.3. The number of anilines is 1. The summed E-state index contributed by atoms with van der Waals surface area (Å²) in [7, 11) is 0. The Morgan fingerprint density at radius 1 is 0.964 bits per heavy atom. The topological polar surface area (TPSA) is 83.6 Å². The molecule has 0 saturated carbocycles. The molecule has 0 radical (unpaired) electrons. The van der Waals surface area contributed by atoms with Crippen LogP contribution in [-0.4, -0.2) is 34.4 Å². The van der Waals surface area contributed by atoms with Crippen molar-refractivity contribution in [2.75, 3.05) is 5.32 Å². The second-order valence-electron chi connectivity index (χ2n) is 7.30. The minimum atomic E-state index is -0.937. The number of hydrogen-bond acceptors (Lipinski definition) is 4. The number of amides is 3. The van der Waals surface area contributed by atoms with Crippen LogP contribution in [0.5, 0.6) is 0 Å². The molecule has 1 aliphatic heterocycles. The second-order valence-corrected chi connectivity index (χ2v) is 7.30. The fourth-order valence-electron chi connectivity index (χ4n) is 3.31. The highest BCUT2D eigenvalue weighted by atomic mass is 16.2. The molecule has 0 fully saturated rings. The van der Waals surface area contributed by atoms with Crippen molar-refractivity contribution in [1.82, 2.24) is 4.90 Å². The zero-order valence-corrected chi connectivity index (χ0v) is 16.1. The highest BCUT2D eigenvalue weighted by Gasteiger charge is 2.42. The maximum Gasteiger partial charge on any atom is 0.262 e. The van der Waals surface area contributed by atoms with Crippen molar-refractivity contribution in [3.05, 3.63) is 65.2 Å². The van der Waals surface area contributed by atoms with Crippen LogP contribution in [0.4, 0.5) is 5.69 Å². The first-order valence-corrected chi connectivity index (χ1v) is 9.18. The van der Waals surface area contributed by atoms with Gasteiger partial charge in [-0.05, 0) is 43.5 Å². The smallest absolute Gasteiger partial charge is 0.262 e. The van der Waals surface area contributed by atoms with Gasteiger partial charge >= 0.3 is 0 Å². The lowest BCUT2D eigenvalue weighted by atomic mass is 10.0. The van der Waals surface area contributed by atoms with Gasteiger partial charge in [-0.15, -0.1) is 0 Å². The molecular weight excluding hydrogens is 356 g/mol. The van der Waals surface area contributed by atoms with Crippen LogP contribution >= 0.6 is 0 Å². The summed E-state index contributed by atoms with van der Waals surface area (Å²) in [6, 6.07) is 12.2. The summed E-state index contributed by atoms with van der Waals surface area (Å²) < 4.78 is 0. The fourth-order valence-corrected chi connectivity index (χ4v) is 3.31. The summed E-state index contributed by atoms with van der Waals surface area (Å²) >= 11 is 0. The summed E-state index contributed by atoms with van der Waals surface area (Å²) in [5.41, 5.74) is 1.54. The van der Waals surface area contributed by atoms with Crippen molar-refractivity contribution < 1.29 is 19.2 Å². The minimum Gasteiger partial charge on any atom is -0.324 e. The van der Waals surface area contributed by atoms with Gasteiger partial charge in [-0.3, -0.25) is 24.1 Å². The summed E-state index contributed by atoms with van der Waals surface area (Å²) in [6.07, 6.45) is 0.337. The quantitative estimate of drug-likeness (QED) is 0.616. The van der Waals surface area contributed by atoms with Gasteiger partial charge in [0.25, 0.3) is 11.8 Å². The molecule has 6 nitrogen and oxygen atoms in total. The number of hydrogen-bond donors (Lipinski definition) is 1. The van der Waals surface area contributed by atoms with Gasteiger partial charge in [0, 0.05) is 11.3 Å². The molecule has 0 spiro atoms. The Morgan fingerprint density at radius 2 is 1.57 bits per heavy atom. The van der Waals surface area contributed by atoms with Gasteiger partial charge in [-0.1, -0.05) is 38.1 Å². The number of carbonyl (C=O) groups is 4. The van der Waals surface area contributed by atoms with Crippen LogP contribution in [0.15, 0.2) is 48.5 Å². The van der Waals surface area contributed by atoms with Gasteiger partial charge in [0.05, 0.1) is 11.1 Å². The molecule has 1 heterocycles. The Labute approximate surface area is 163 Å². The van der Waals surface area contributed by atoms with Crippen LogP contribution in [0.2, 0.25) is 0 Å². The first-order chi connectivity index (χ1) is 13.3.